The lowest BCUT2D eigenvalue weighted by Gasteiger charge is -1.97. The number of non-ortho nitro benzene ring substituents is 1. The van der Waals surface area contributed by atoms with E-state index in [0.29, 0.717) is 0 Å². The lowest BCUT2D eigenvalue weighted by Crippen LogP contribution is -1.88. The number of hydrogen-bond donors (Lipinski definition) is 0. The molecule has 1 aromatic carbocycles. The number of fused-ring (bicyclic) bond motifs is 1. The molecule has 0 N–H and O–H groups in total. The maximum Gasteiger partial charge on any atom is 0.287 e. The van der Waals surface area contributed by atoms with Gasteiger partial charge in [-0.25, -0.2) is 0 Å². The highest BCUT2D eigenvalue weighted by Crippen LogP contribution is 2.38. The Kier molecular flexibility index (Phi) is 2.28. The van der Waals surface area contributed by atoms with Gasteiger partial charge in [0.1, 0.15) is 4.70 Å². The monoisotopic (exact) mass is 271 g/mol. The summed E-state index contributed by atoms with van der Waals surface area (Å²) in [6.45, 7) is 1.95. The molecule has 0 amide bonds. The molecular formula is C9H6BrNO2S. The van der Waals surface area contributed by atoms with Gasteiger partial charge in [-0.3, -0.25) is 10.1 Å². The zero-order valence-electron chi connectivity index (χ0n) is 7.28. The van der Waals surface area contributed by atoms with Crippen molar-refractivity contribution in [3.63, 3.8) is 0 Å². The van der Waals surface area contributed by atoms with Crippen LogP contribution < -0.4 is 0 Å². The van der Waals surface area contributed by atoms with Crippen LogP contribution in [0.3, 0.4) is 0 Å². The van der Waals surface area contributed by atoms with Crippen LogP contribution in [0.5, 0.6) is 0 Å². The molecule has 5 heteroatoms. The molecule has 0 fully saturated rings. The number of nitro benzene ring substituents is 1. The second kappa shape index (κ2) is 3.33. The molecule has 0 aliphatic rings. The van der Waals surface area contributed by atoms with Crippen LogP contribution in [0.2, 0.25) is 0 Å². The summed E-state index contributed by atoms with van der Waals surface area (Å²) in [6.07, 6.45) is 0. The quantitative estimate of drug-likeness (QED) is 0.584. The topological polar surface area (TPSA) is 43.1 Å². The molecule has 0 saturated heterocycles. The fourth-order valence-corrected chi connectivity index (χ4v) is 3.31. The maximum absolute atomic E-state index is 10.7. The average Bonchev–Trinajstić information content (AvgIpc) is 2.49. The van der Waals surface area contributed by atoms with Gasteiger partial charge in [-0.1, -0.05) is 6.07 Å². The minimum Gasteiger partial charge on any atom is -0.258 e. The van der Waals surface area contributed by atoms with E-state index >= 15 is 0 Å². The fourth-order valence-electron chi connectivity index (χ4n) is 1.40. The third kappa shape index (κ3) is 1.33. The Bertz CT molecular complexity index is 521. The molecular weight excluding hydrogens is 266 g/mol. The second-order valence-electron chi connectivity index (χ2n) is 2.95. The Balaban J connectivity index is 2.90. The van der Waals surface area contributed by atoms with Crippen molar-refractivity contribution in [1.29, 1.82) is 0 Å². The van der Waals surface area contributed by atoms with E-state index in [-0.39, 0.29) is 10.6 Å². The van der Waals surface area contributed by atoms with E-state index in [2.05, 4.69) is 15.9 Å². The summed E-state index contributed by atoms with van der Waals surface area (Å²) in [7, 11) is 0. The molecule has 0 aliphatic carbocycles. The molecule has 0 radical (unpaired) electrons. The number of benzene rings is 1. The van der Waals surface area contributed by atoms with Gasteiger partial charge in [-0.05, 0) is 28.4 Å². The largest absolute Gasteiger partial charge is 0.287 e. The molecule has 2 rings (SSSR count). The highest BCUT2D eigenvalue weighted by atomic mass is 79.9. The van der Waals surface area contributed by atoms with Crippen LogP contribution in [0.25, 0.3) is 10.1 Å². The van der Waals surface area contributed by atoms with Gasteiger partial charge >= 0.3 is 0 Å². The summed E-state index contributed by atoms with van der Waals surface area (Å²) in [5.41, 5.74) is 1.24. The van der Waals surface area contributed by atoms with Crippen LogP contribution in [0.15, 0.2) is 22.0 Å². The SMILES string of the molecule is Cc1ccc([N+](=O)[O-])c2scc(Br)c12. The molecule has 0 unspecified atom stereocenters. The number of nitrogens with zero attached hydrogens (tertiary/aromatic N) is 1. The molecule has 3 nitrogen and oxygen atoms in total. The van der Waals surface area contributed by atoms with Crippen LogP contribution in [0, 0.1) is 17.0 Å². The van der Waals surface area contributed by atoms with Crippen molar-refractivity contribution in [2.75, 3.05) is 0 Å². The second-order valence-corrected chi connectivity index (χ2v) is 4.68. The summed E-state index contributed by atoms with van der Waals surface area (Å²) in [6, 6.07) is 3.33. The van der Waals surface area contributed by atoms with Crippen LogP contribution in [-0.2, 0) is 0 Å². The Morgan fingerprint density at radius 2 is 2.21 bits per heavy atom. The molecule has 0 aliphatic heterocycles. The molecule has 2 aromatic rings. The minimum absolute atomic E-state index is 0.182. The first-order valence-corrected chi connectivity index (χ1v) is 5.59. The minimum atomic E-state index is -0.343. The maximum atomic E-state index is 10.7. The van der Waals surface area contributed by atoms with Crippen molar-refractivity contribution in [3.8, 4) is 0 Å². The highest BCUT2D eigenvalue weighted by molar-refractivity contribution is 9.10. The van der Waals surface area contributed by atoms with E-state index < -0.39 is 0 Å². The Labute approximate surface area is 92.6 Å². The number of halogens is 1. The summed E-state index contributed by atoms with van der Waals surface area (Å²) in [5, 5.41) is 13.6. The molecule has 0 atom stereocenters. The van der Waals surface area contributed by atoms with Gasteiger partial charge in [0, 0.05) is 21.3 Å². The molecule has 1 heterocycles. The van der Waals surface area contributed by atoms with Gasteiger partial charge < -0.3 is 0 Å². The highest BCUT2D eigenvalue weighted by Gasteiger charge is 2.16. The number of nitro groups is 1. The predicted octanol–water partition coefficient (Wildman–Crippen LogP) is 3.88. The van der Waals surface area contributed by atoms with Crippen molar-refractivity contribution < 1.29 is 4.92 Å². The lowest BCUT2D eigenvalue weighted by molar-refractivity contribution is -0.382. The van der Waals surface area contributed by atoms with Crippen molar-refractivity contribution in [3.05, 3.63) is 37.7 Å². The first-order chi connectivity index (χ1) is 6.61. The Hall–Kier alpha value is -0.940. The average molecular weight is 272 g/mol. The van der Waals surface area contributed by atoms with E-state index in [1.807, 2.05) is 12.3 Å². The van der Waals surface area contributed by atoms with E-state index in [0.717, 1.165) is 20.1 Å². The number of hydrogen-bond acceptors (Lipinski definition) is 3. The van der Waals surface area contributed by atoms with E-state index in [9.17, 15) is 10.1 Å². The lowest BCUT2D eigenvalue weighted by atomic mass is 10.1. The molecule has 0 bridgehead atoms. The summed E-state index contributed by atoms with van der Waals surface area (Å²) < 4.78 is 1.67. The predicted molar refractivity (Wildman–Crippen MR) is 60.9 cm³/mol. The van der Waals surface area contributed by atoms with E-state index in [1.54, 1.807) is 12.1 Å². The normalized spacial score (nSPS) is 10.7. The van der Waals surface area contributed by atoms with Gasteiger partial charge in [-0.2, -0.15) is 0 Å². The molecule has 0 spiro atoms. The fraction of sp³-hybridized carbons (Fsp3) is 0.111. The van der Waals surface area contributed by atoms with Gasteiger partial charge in [0.25, 0.3) is 5.69 Å². The number of thiophene rings is 1. The zero-order chi connectivity index (χ0) is 10.3. The summed E-state index contributed by atoms with van der Waals surface area (Å²) >= 11 is 4.78. The first-order valence-electron chi connectivity index (χ1n) is 3.92. The Morgan fingerprint density at radius 3 is 2.86 bits per heavy atom. The van der Waals surface area contributed by atoms with Crippen molar-refractivity contribution in [2.45, 2.75) is 6.92 Å². The van der Waals surface area contributed by atoms with Crippen molar-refractivity contribution in [2.24, 2.45) is 0 Å². The van der Waals surface area contributed by atoms with Crippen molar-refractivity contribution >= 4 is 43.0 Å². The van der Waals surface area contributed by atoms with Crippen LogP contribution in [0.4, 0.5) is 5.69 Å². The molecule has 1 aromatic heterocycles. The van der Waals surface area contributed by atoms with E-state index in [1.165, 1.54) is 11.3 Å². The van der Waals surface area contributed by atoms with Crippen LogP contribution >= 0.6 is 27.3 Å². The first kappa shape index (κ1) is 9.61. The van der Waals surface area contributed by atoms with E-state index in [4.69, 9.17) is 0 Å². The number of aryl methyl sites for hydroxylation is 1. The number of rotatable bonds is 1. The molecule has 14 heavy (non-hydrogen) atoms. The third-order valence-electron chi connectivity index (χ3n) is 2.06. The van der Waals surface area contributed by atoms with Crippen LogP contribution in [-0.4, -0.2) is 4.92 Å². The standard InChI is InChI=1S/C9H6BrNO2S/c1-5-2-3-7(11(12)13)9-8(5)6(10)4-14-9/h2-4H,1H3. The van der Waals surface area contributed by atoms with Crippen molar-refractivity contribution in [1.82, 2.24) is 0 Å². The van der Waals surface area contributed by atoms with Gasteiger partial charge in [0.2, 0.25) is 0 Å². The zero-order valence-corrected chi connectivity index (χ0v) is 9.68. The summed E-state index contributed by atoms with van der Waals surface area (Å²) in [4.78, 5) is 10.4. The van der Waals surface area contributed by atoms with Gasteiger partial charge in [0.15, 0.2) is 0 Å². The third-order valence-corrected chi connectivity index (χ3v) is 3.99. The molecule has 72 valence electrons. The smallest absolute Gasteiger partial charge is 0.258 e. The Morgan fingerprint density at radius 1 is 1.50 bits per heavy atom. The van der Waals surface area contributed by atoms with Gasteiger partial charge in [-0.15, -0.1) is 11.3 Å². The van der Waals surface area contributed by atoms with Crippen LogP contribution in [0.1, 0.15) is 5.56 Å². The summed E-state index contributed by atoms with van der Waals surface area (Å²) in [5.74, 6) is 0. The van der Waals surface area contributed by atoms with Gasteiger partial charge in [0.05, 0.1) is 4.92 Å². The molecule has 0 saturated carbocycles.